The number of aryl methyl sites for hydroxylation is 3. The number of nitrogens with zero attached hydrogens (tertiary/aromatic N) is 2. The van der Waals surface area contributed by atoms with E-state index in [2.05, 4.69) is 43.5 Å². The second kappa shape index (κ2) is 8.77. The second-order valence-electron chi connectivity index (χ2n) is 7.56. The van der Waals surface area contributed by atoms with Gasteiger partial charge in [-0.3, -0.25) is 4.79 Å². The van der Waals surface area contributed by atoms with E-state index in [1.54, 1.807) is 6.20 Å². The van der Waals surface area contributed by atoms with Crippen molar-refractivity contribution in [2.24, 2.45) is 0 Å². The summed E-state index contributed by atoms with van der Waals surface area (Å²) in [6.45, 7) is 4.17. The fourth-order valence-electron chi connectivity index (χ4n) is 3.73. The van der Waals surface area contributed by atoms with E-state index in [1.165, 1.54) is 0 Å². The van der Waals surface area contributed by atoms with Crippen LogP contribution in [-0.4, -0.2) is 33.2 Å². The molecule has 3 heterocycles. The molecule has 0 bridgehead atoms. The molecule has 1 aromatic carbocycles. The van der Waals surface area contributed by atoms with Gasteiger partial charge in [0.05, 0.1) is 6.10 Å². The number of halogens is 1. The van der Waals surface area contributed by atoms with Crippen LogP contribution >= 0.6 is 22.6 Å². The largest absolute Gasteiger partial charge is 0.480 e. The van der Waals surface area contributed by atoms with Gasteiger partial charge in [-0.2, -0.15) is 0 Å². The molecule has 1 aliphatic rings. The zero-order valence-electron chi connectivity index (χ0n) is 16.9. The molecule has 7 heteroatoms. The van der Waals surface area contributed by atoms with Gasteiger partial charge >= 0.3 is 0 Å². The highest BCUT2D eigenvalue weighted by Crippen LogP contribution is 2.29. The third-order valence-corrected chi connectivity index (χ3v) is 6.06. The molecule has 4 rings (SSSR count). The minimum atomic E-state index is -0.834. The Bertz CT molecular complexity index is 1040. The van der Waals surface area contributed by atoms with Gasteiger partial charge in [-0.15, -0.1) is 0 Å². The van der Waals surface area contributed by atoms with Gasteiger partial charge in [0.1, 0.15) is 11.6 Å². The lowest BCUT2D eigenvalue weighted by Gasteiger charge is -2.26. The summed E-state index contributed by atoms with van der Waals surface area (Å²) >= 11 is 2.27. The third kappa shape index (κ3) is 4.37. The highest BCUT2D eigenvalue weighted by atomic mass is 127. The van der Waals surface area contributed by atoms with Crippen molar-refractivity contribution in [2.45, 2.75) is 38.9 Å². The van der Waals surface area contributed by atoms with Crippen LogP contribution in [0.15, 0.2) is 48.7 Å². The van der Waals surface area contributed by atoms with Gasteiger partial charge in [-0.05, 0) is 91.2 Å². The topological polar surface area (TPSA) is 76.4 Å². The number of aromatic nitrogens is 2. The van der Waals surface area contributed by atoms with Crippen LogP contribution in [0.25, 0.3) is 5.82 Å². The van der Waals surface area contributed by atoms with Crippen LogP contribution in [0.3, 0.4) is 0 Å². The SMILES string of the molecule is Cc1ccc(C)n1-c1ccc([C@@H](O)CNC(=O)[C@H]2CCc3cc(I)ccc3O2)cn1. The zero-order chi connectivity index (χ0) is 21.3. The number of carbonyl (C=O) groups excluding carboxylic acids is 1. The van der Waals surface area contributed by atoms with Crippen molar-refractivity contribution in [2.75, 3.05) is 6.54 Å². The molecule has 0 radical (unpaired) electrons. The standard InChI is InChI=1S/C23H24IN3O3/c1-14-3-4-15(2)27(14)22-10-6-17(12-25-22)19(28)13-26-23(29)21-8-5-16-11-18(24)7-9-20(16)30-21/h3-4,6-7,9-12,19,21,28H,5,8,13H2,1-2H3,(H,26,29)/t19-,21+/m0/s1. The lowest BCUT2D eigenvalue weighted by atomic mass is 10.0. The average molecular weight is 517 g/mol. The maximum atomic E-state index is 12.5. The molecule has 0 saturated carbocycles. The molecule has 1 amide bonds. The van der Waals surface area contributed by atoms with Crippen molar-refractivity contribution in [3.63, 3.8) is 0 Å². The Hall–Kier alpha value is -2.39. The van der Waals surface area contributed by atoms with E-state index < -0.39 is 12.2 Å². The summed E-state index contributed by atoms with van der Waals surface area (Å²) in [5, 5.41) is 13.3. The number of aliphatic hydroxyl groups excluding tert-OH is 1. The molecule has 3 aromatic rings. The number of aliphatic hydroxyl groups is 1. The summed E-state index contributed by atoms with van der Waals surface area (Å²) < 4.78 is 9.06. The molecule has 30 heavy (non-hydrogen) atoms. The Kier molecular flexibility index (Phi) is 6.10. The second-order valence-corrected chi connectivity index (χ2v) is 8.81. The monoisotopic (exact) mass is 517 g/mol. The van der Waals surface area contributed by atoms with Crippen LogP contribution in [0, 0.1) is 17.4 Å². The van der Waals surface area contributed by atoms with Gasteiger partial charge in [-0.1, -0.05) is 6.07 Å². The molecule has 0 fully saturated rings. The number of carbonyl (C=O) groups is 1. The molecule has 156 valence electrons. The lowest BCUT2D eigenvalue weighted by Crippen LogP contribution is -2.41. The molecule has 0 saturated heterocycles. The van der Waals surface area contributed by atoms with Crippen LogP contribution in [0.5, 0.6) is 5.75 Å². The van der Waals surface area contributed by atoms with Crippen molar-refractivity contribution in [1.82, 2.24) is 14.9 Å². The Labute approximate surface area is 189 Å². The summed E-state index contributed by atoms with van der Waals surface area (Å²) in [4.78, 5) is 17.0. The van der Waals surface area contributed by atoms with E-state index >= 15 is 0 Å². The number of ether oxygens (including phenoxy) is 1. The fraction of sp³-hybridized carbons (Fsp3) is 0.304. The summed E-state index contributed by atoms with van der Waals surface area (Å²) in [7, 11) is 0. The predicted octanol–water partition coefficient (Wildman–Crippen LogP) is 3.64. The molecular weight excluding hydrogens is 493 g/mol. The number of amides is 1. The van der Waals surface area contributed by atoms with Crippen molar-refractivity contribution < 1.29 is 14.6 Å². The quantitative estimate of drug-likeness (QED) is 0.507. The van der Waals surface area contributed by atoms with Crippen LogP contribution in [0.1, 0.15) is 35.0 Å². The molecule has 2 N–H and O–H groups in total. The van der Waals surface area contributed by atoms with E-state index in [1.807, 2.05) is 50.2 Å². The molecule has 0 aliphatic carbocycles. The first-order valence-corrected chi connectivity index (χ1v) is 11.0. The van der Waals surface area contributed by atoms with E-state index in [0.717, 1.165) is 38.5 Å². The number of hydrogen-bond donors (Lipinski definition) is 2. The first-order chi connectivity index (χ1) is 14.4. The van der Waals surface area contributed by atoms with E-state index in [9.17, 15) is 9.90 Å². The van der Waals surface area contributed by atoms with E-state index in [0.29, 0.717) is 12.0 Å². The first-order valence-electron chi connectivity index (χ1n) is 9.94. The first kappa shape index (κ1) is 20.9. The Balaban J connectivity index is 1.35. The zero-order valence-corrected chi connectivity index (χ0v) is 19.1. The van der Waals surface area contributed by atoms with Crippen molar-refractivity contribution >= 4 is 28.5 Å². The summed E-state index contributed by atoms with van der Waals surface area (Å²) in [5.74, 6) is 1.36. The normalized spacial score (nSPS) is 16.5. The van der Waals surface area contributed by atoms with E-state index in [4.69, 9.17) is 4.74 Å². The number of rotatable bonds is 5. The van der Waals surface area contributed by atoms with Crippen LogP contribution in [0.4, 0.5) is 0 Å². The molecule has 0 unspecified atom stereocenters. The maximum Gasteiger partial charge on any atom is 0.261 e. The third-order valence-electron chi connectivity index (χ3n) is 5.39. The number of hydrogen-bond acceptors (Lipinski definition) is 4. The van der Waals surface area contributed by atoms with Crippen LogP contribution in [-0.2, 0) is 11.2 Å². The van der Waals surface area contributed by atoms with Gasteiger partial charge in [0.15, 0.2) is 6.10 Å². The Morgan fingerprint density at radius 2 is 2.03 bits per heavy atom. The van der Waals surface area contributed by atoms with Crippen molar-refractivity contribution in [3.05, 3.63) is 74.7 Å². The van der Waals surface area contributed by atoms with Gasteiger partial charge < -0.3 is 19.7 Å². The van der Waals surface area contributed by atoms with Gasteiger partial charge in [0, 0.05) is 33.3 Å². The Morgan fingerprint density at radius 1 is 1.27 bits per heavy atom. The number of benzene rings is 1. The predicted molar refractivity (Wildman–Crippen MR) is 123 cm³/mol. The lowest BCUT2D eigenvalue weighted by molar-refractivity contribution is -0.129. The minimum Gasteiger partial charge on any atom is -0.480 e. The fourth-order valence-corrected chi connectivity index (χ4v) is 4.28. The number of pyridine rings is 1. The van der Waals surface area contributed by atoms with Crippen LogP contribution in [0.2, 0.25) is 0 Å². The smallest absolute Gasteiger partial charge is 0.261 e. The molecule has 2 atom stereocenters. The van der Waals surface area contributed by atoms with Gasteiger partial charge in [-0.25, -0.2) is 4.98 Å². The molecule has 0 spiro atoms. The summed E-state index contributed by atoms with van der Waals surface area (Å²) in [6, 6.07) is 13.8. The maximum absolute atomic E-state index is 12.5. The molecule has 1 aliphatic heterocycles. The van der Waals surface area contributed by atoms with Crippen molar-refractivity contribution in [3.8, 4) is 11.6 Å². The van der Waals surface area contributed by atoms with Gasteiger partial charge in [0.2, 0.25) is 0 Å². The highest BCUT2D eigenvalue weighted by molar-refractivity contribution is 14.1. The molecule has 6 nitrogen and oxygen atoms in total. The summed E-state index contributed by atoms with van der Waals surface area (Å²) in [6.07, 6.45) is 1.71. The minimum absolute atomic E-state index is 0.112. The van der Waals surface area contributed by atoms with Gasteiger partial charge in [0.25, 0.3) is 5.91 Å². The molecular formula is C23H24IN3O3. The molecule has 2 aromatic heterocycles. The average Bonchev–Trinajstić information content (AvgIpc) is 3.09. The highest BCUT2D eigenvalue weighted by Gasteiger charge is 2.26. The Morgan fingerprint density at radius 3 is 2.73 bits per heavy atom. The number of nitrogens with one attached hydrogen (secondary N) is 1. The number of fused-ring (bicyclic) bond motifs is 1. The van der Waals surface area contributed by atoms with Crippen LogP contribution < -0.4 is 10.1 Å². The van der Waals surface area contributed by atoms with Crippen molar-refractivity contribution in [1.29, 1.82) is 0 Å². The summed E-state index contributed by atoms with van der Waals surface area (Å²) in [5.41, 5.74) is 3.99. The van der Waals surface area contributed by atoms with E-state index in [-0.39, 0.29) is 12.5 Å².